The van der Waals surface area contributed by atoms with Gasteiger partial charge in [0.1, 0.15) is 11.2 Å². The van der Waals surface area contributed by atoms with E-state index < -0.39 is 17.3 Å². The molecule has 0 bridgehead atoms. The van der Waals surface area contributed by atoms with Crippen LogP contribution in [0.1, 0.15) is 61.3 Å². The first-order valence-electron chi connectivity index (χ1n) is 7.63. The molecule has 134 valence electrons. The Morgan fingerprint density at radius 1 is 1.00 bits per heavy atom. The summed E-state index contributed by atoms with van der Waals surface area (Å²) in [7, 11) is 0. The van der Waals surface area contributed by atoms with Crippen LogP contribution in [-0.2, 0) is 19.1 Å². The SMILES string of the molecule is CC(=O)SCC(CCC(=O)OC(C)(C)C)NC(=O)OC(C)(C)C. The predicted octanol–water partition coefficient (Wildman–Crippen LogP) is 3.28. The van der Waals surface area contributed by atoms with Crippen molar-refractivity contribution in [2.75, 3.05) is 5.75 Å². The summed E-state index contributed by atoms with van der Waals surface area (Å²) in [5, 5.41) is 2.66. The molecular formula is C16H29NO5S. The first kappa shape index (κ1) is 21.8. The maximum absolute atomic E-state index is 11.8. The molecule has 7 heteroatoms. The van der Waals surface area contributed by atoms with E-state index in [4.69, 9.17) is 9.47 Å². The molecule has 1 unspecified atom stereocenters. The van der Waals surface area contributed by atoms with Crippen molar-refractivity contribution in [1.29, 1.82) is 0 Å². The number of hydrogen-bond acceptors (Lipinski definition) is 6. The van der Waals surface area contributed by atoms with E-state index >= 15 is 0 Å². The van der Waals surface area contributed by atoms with Crippen LogP contribution in [-0.4, -0.2) is 40.2 Å². The summed E-state index contributed by atoms with van der Waals surface area (Å²) in [5.74, 6) is 0.0542. The van der Waals surface area contributed by atoms with Crippen molar-refractivity contribution in [2.45, 2.75) is 78.6 Å². The Hall–Kier alpha value is -1.24. The molecule has 6 nitrogen and oxygen atoms in total. The lowest BCUT2D eigenvalue weighted by Crippen LogP contribution is -2.41. The molecule has 1 N–H and O–H groups in total. The van der Waals surface area contributed by atoms with Crippen molar-refractivity contribution in [3.8, 4) is 0 Å². The third kappa shape index (κ3) is 14.1. The van der Waals surface area contributed by atoms with Gasteiger partial charge in [0, 0.05) is 25.1 Å². The van der Waals surface area contributed by atoms with Gasteiger partial charge in [0.05, 0.1) is 0 Å². The molecule has 0 heterocycles. The van der Waals surface area contributed by atoms with Crippen LogP contribution in [0.25, 0.3) is 0 Å². The van der Waals surface area contributed by atoms with Gasteiger partial charge in [-0.3, -0.25) is 9.59 Å². The van der Waals surface area contributed by atoms with Crippen LogP contribution in [0.15, 0.2) is 0 Å². The minimum Gasteiger partial charge on any atom is -0.460 e. The summed E-state index contributed by atoms with van der Waals surface area (Å²) in [6.45, 7) is 12.2. The van der Waals surface area contributed by atoms with E-state index in [1.165, 1.54) is 6.92 Å². The number of hydrogen-bond donors (Lipinski definition) is 1. The average Bonchev–Trinajstić information content (AvgIpc) is 2.27. The maximum Gasteiger partial charge on any atom is 0.407 e. The number of carbonyl (C=O) groups is 3. The monoisotopic (exact) mass is 347 g/mol. The Morgan fingerprint density at radius 2 is 1.52 bits per heavy atom. The number of thioether (sulfide) groups is 1. The van der Waals surface area contributed by atoms with Gasteiger partial charge < -0.3 is 14.8 Å². The van der Waals surface area contributed by atoms with Crippen molar-refractivity contribution in [1.82, 2.24) is 5.32 Å². The minimum absolute atomic E-state index is 0.0433. The molecule has 0 aliphatic rings. The van der Waals surface area contributed by atoms with Crippen LogP contribution in [0.5, 0.6) is 0 Å². The Morgan fingerprint density at radius 3 is 1.96 bits per heavy atom. The van der Waals surface area contributed by atoms with Crippen LogP contribution in [0.2, 0.25) is 0 Å². The zero-order chi connectivity index (χ0) is 18.3. The smallest absolute Gasteiger partial charge is 0.407 e. The standard InChI is InChI=1S/C16H29NO5S/c1-11(18)23-10-12(17-14(20)22-16(5,6)7)8-9-13(19)21-15(2,3)4/h12H,8-10H2,1-7H3,(H,17,20). The molecule has 1 atom stereocenters. The lowest BCUT2D eigenvalue weighted by Gasteiger charge is -2.24. The van der Waals surface area contributed by atoms with Crippen LogP contribution in [0, 0.1) is 0 Å². The molecule has 0 spiro atoms. The van der Waals surface area contributed by atoms with E-state index in [0.717, 1.165) is 11.8 Å². The van der Waals surface area contributed by atoms with Crippen molar-refractivity contribution < 1.29 is 23.9 Å². The first-order valence-corrected chi connectivity index (χ1v) is 8.62. The number of carbonyl (C=O) groups excluding carboxylic acids is 3. The van der Waals surface area contributed by atoms with Crippen LogP contribution < -0.4 is 5.32 Å². The van der Waals surface area contributed by atoms with Crippen molar-refractivity contribution in [3.63, 3.8) is 0 Å². The number of alkyl carbamates (subject to hydrolysis) is 1. The molecule has 0 aliphatic heterocycles. The zero-order valence-electron chi connectivity index (χ0n) is 15.1. The van der Waals surface area contributed by atoms with E-state index in [9.17, 15) is 14.4 Å². The first-order chi connectivity index (χ1) is 10.3. The molecule has 0 aromatic heterocycles. The fourth-order valence-corrected chi connectivity index (χ4v) is 2.26. The van der Waals surface area contributed by atoms with Gasteiger partial charge in [-0.1, -0.05) is 11.8 Å². The fourth-order valence-electron chi connectivity index (χ4n) is 1.57. The van der Waals surface area contributed by atoms with E-state index in [1.807, 2.05) is 0 Å². The third-order valence-corrected chi connectivity index (χ3v) is 3.30. The average molecular weight is 347 g/mol. The second kappa shape index (κ2) is 9.15. The summed E-state index contributed by atoms with van der Waals surface area (Å²) in [6.07, 6.45) is -0.0131. The quantitative estimate of drug-likeness (QED) is 0.743. The Bertz CT molecular complexity index is 423. The van der Waals surface area contributed by atoms with Crippen LogP contribution >= 0.6 is 11.8 Å². The van der Waals surface area contributed by atoms with Gasteiger partial charge in [-0.05, 0) is 48.0 Å². The highest BCUT2D eigenvalue weighted by atomic mass is 32.2. The Balaban J connectivity index is 4.53. The van der Waals surface area contributed by atoms with Crippen LogP contribution in [0.3, 0.4) is 0 Å². The summed E-state index contributed by atoms with van der Waals surface area (Å²) in [5.41, 5.74) is -1.15. The molecule has 0 radical (unpaired) electrons. The number of esters is 1. The number of rotatable bonds is 6. The summed E-state index contributed by atoms with van der Waals surface area (Å²) in [6, 6.07) is -0.341. The van der Waals surface area contributed by atoms with Gasteiger partial charge in [-0.25, -0.2) is 4.79 Å². The highest BCUT2D eigenvalue weighted by Crippen LogP contribution is 2.14. The van der Waals surface area contributed by atoms with Gasteiger partial charge in [0.25, 0.3) is 0 Å². The second-order valence-electron chi connectivity index (χ2n) is 7.27. The third-order valence-electron chi connectivity index (χ3n) is 2.33. The van der Waals surface area contributed by atoms with Gasteiger partial charge >= 0.3 is 12.1 Å². The van der Waals surface area contributed by atoms with Gasteiger partial charge in [-0.15, -0.1) is 0 Å². The van der Waals surface area contributed by atoms with Crippen molar-refractivity contribution in [3.05, 3.63) is 0 Å². The number of nitrogens with one attached hydrogen (secondary N) is 1. The van der Waals surface area contributed by atoms with Gasteiger partial charge in [0.15, 0.2) is 5.12 Å². The lowest BCUT2D eigenvalue weighted by molar-refractivity contribution is -0.155. The molecular weight excluding hydrogens is 318 g/mol. The highest BCUT2D eigenvalue weighted by molar-refractivity contribution is 8.13. The van der Waals surface area contributed by atoms with Crippen molar-refractivity contribution in [2.24, 2.45) is 0 Å². The zero-order valence-corrected chi connectivity index (χ0v) is 16.0. The summed E-state index contributed by atoms with van der Waals surface area (Å²) in [4.78, 5) is 34.7. The van der Waals surface area contributed by atoms with Gasteiger partial charge in [0.2, 0.25) is 0 Å². The highest BCUT2D eigenvalue weighted by Gasteiger charge is 2.22. The van der Waals surface area contributed by atoms with E-state index in [-0.39, 0.29) is 23.5 Å². The Labute approximate surface area is 143 Å². The number of ether oxygens (including phenoxy) is 2. The Kier molecular flexibility index (Phi) is 8.66. The largest absolute Gasteiger partial charge is 0.460 e. The summed E-state index contributed by atoms with van der Waals surface area (Å²) >= 11 is 1.10. The van der Waals surface area contributed by atoms with E-state index in [1.54, 1.807) is 41.5 Å². The normalized spacial score (nSPS) is 13.2. The molecule has 0 saturated heterocycles. The molecule has 23 heavy (non-hydrogen) atoms. The second-order valence-corrected chi connectivity index (χ2v) is 8.47. The van der Waals surface area contributed by atoms with Crippen molar-refractivity contribution >= 4 is 28.9 Å². The molecule has 1 amide bonds. The fraction of sp³-hybridized carbons (Fsp3) is 0.812. The predicted molar refractivity (Wildman–Crippen MR) is 91.4 cm³/mol. The van der Waals surface area contributed by atoms with E-state index in [2.05, 4.69) is 5.32 Å². The number of amides is 1. The molecule has 0 saturated carbocycles. The minimum atomic E-state index is -0.604. The lowest BCUT2D eigenvalue weighted by atomic mass is 10.1. The molecule has 0 aromatic rings. The molecule has 0 fully saturated rings. The summed E-state index contributed by atoms with van der Waals surface area (Å²) < 4.78 is 10.4. The van der Waals surface area contributed by atoms with Gasteiger partial charge in [-0.2, -0.15) is 0 Å². The van der Waals surface area contributed by atoms with E-state index in [0.29, 0.717) is 12.2 Å². The maximum atomic E-state index is 11.8. The van der Waals surface area contributed by atoms with Crippen LogP contribution in [0.4, 0.5) is 4.79 Å². The molecule has 0 rings (SSSR count). The molecule has 0 aliphatic carbocycles. The molecule has 0 aromatic carbocycles. The topological polar surface area (TPSA) is 81.7 Å².